The number of allylic oxidation sites excluding steroid dienone is 14. The van der Waals surface area contributed by atoms with Crippen molar-refractivity contribution >= 4 is 33.1 Å². The van der Waals surface area contributed by atoms with Crippen LogP contribution in [0.5, 0.6) is 0 Å². The van der Waals surface area contributed by atoms with Crippen LogP contribution in [0, 0.1) is 17.8 Å². The highest BCUT2D eigenvalue weighted by Crippen LogP contribution is 2.64. The van der Waals surface area contributed by atoms with E-state index in [9.17, 15) is 0 Å². The second kappa shape index (κ2) is 13.1. The monoisotopic (exact) mass is 812 g/mol. The lowest BCUT2D eigenvalue weighted by Crippen LogP contribution is -2.35. The van der Waals surface area contributed by atoms with Gasteiger partial charge in [0.1, 0.15) is 0 Å². The van der Waals surface area contributed by atoms with E-state index < -0.39 is 0 Å². The van der Waals surface area contributed by atoms with Gasteiger partial charge in [-0.05, 0) is 200 Å². The minimum Gasteiger partial charge on any atom is -0.0842 e. The Hall–Kier alpha value is -7.28. The molecule has 0 aromatic heterocycles. The largest absolute Gasteiger partial charge is 0.0842 e. The van der Waals surface area contributed by atoms with Crippen LogP contribution >= 0.6 is 0 Å². The van der Waals surface area contributed by atoms with Crippen LogP contribution in [0.25, 0.3) is 88.7 Å². The molecule has 15 rings (SSSR count). The van der Waals surface area contributed by atoms with Crippen molar-refractivity contribution in [2.45, 2.75) is 32.1 Å². The molecule has 8 aliphatic rings. The summed E-state index contributed by atoms with van der Waals surface area (Å²) in [5.41, 5.74) is 29.7. The SMILES string of the molecule is C1=CC2C=CC3=C4C5=C(CC3)c3c(c(-c6cccc(-c7ccccc7)c6)c6cc7c(cc6c3-c3ccccc3-c3ccccc3)C3=c6c-7cccc6=C6C=CCCC6C3)C5=CC(=C1)C42. The van der Waals surface area contributed by atoms with Crippen LogP contribution in [-0.4, -0.2) is 0 Å². The highest BCUT2D eigenvalue weighted by Gasteiger charge is 2.45. The van der Waals surface area contributed by atoms with Crippen LogP contribution in [0.1, 0.15) is 48.8 Å². The first-order chi connectivity index (χ1) is 31.8. The number of benzene rings is 7. The Morgan fingerprint density at radius 1 is 0.516 bits per heavy atom. The first-order valence-corrected chi connectivity index (χ1v) is 23.5. The third-order valence-corrected chi connectivity index (χ3v) is 16.1. The summed E-state index contributed by atoms with van der Waals surface area (Å²) in [4.78, 5) is 0. The third-order valence-electron chi connectivity index (χ3n) is 16.1. The molecule has 0 N–H and O–H groups in total. The normalized spacial score (nSPS) is 21.1. The minimum atomic E-state index is 0.376. The van der Waals surface area contributed by atoms with E-state index in [0.717, 1.165) is 25.7 Å². The van der Waals surface area contributed by atoms with Crippen LogP contribution in [0.3, 0.4) is 0 Å². The average molecular weight is 813 g/mol. The molecule has 7 aromatic rings. The lowest BCUT2D eigenvalue weighted by molar-refractivity contribution is 0.591. The summed E-state index contributed by atoms with van der Waals surface area (Å²) >= 11 is 0. The van der Waals surface area contributed by atoms with Crippen molar-refractivity contribution in [2.24, 2.45) is 17.8 Å². The molecule has 0 spiro atoms. The number of hydrogen-bond donors (Lipinski definition) is 0. The third kappa shape index (κ3) is 4.73. The maximum Gasteiger partial charge on any atom is 0.0196 e. The van der Waals surface area contributed by atoms with Gasteiger partial charge in [0.15, 0.2) is 0 Å². The van der Waals surface area contributed by atoms with E-state index in [1.807, 2.05) is 0 Å². The summed E-state index contributed by atoms with van der Waals surface area (Å²) < 4.78 is 0. The highest BCUT2D eigenvalue weighted by molar-refractivity contribution is 6.23. The second-order valence-corrected chi connectivity index (χ2v) is 19.2. The predicted molar refractivity (Wildman–Crippen MR) is 267 cm³/mol. The number of rotatable bonds is 4. The first kappa shape index (κ1) is 35.2. The zero-order valence-corrected chi connectivity index (χ0v) is 35.7. The van der Waals surface area contributed by atoms with Gasteiger partial charge in [0.2, 0.25) is 0 Å². The van der Waals surface area contributed by atoms with Crippen LogP contribution in [0.15, 0.2) is 210 Å². The molecule has 0 fully saturated rings. The van der Waals surface area contributed by atoms with Crippen molar-refractivity contribution in [3.63, 3.8) is 0 Å². The summed E-state index contributed by atoms with van der Waals surface area (Å²) in [5, 5.41) is 5.64. The molecule has 0 bridgehead atoms. The lowest BCUT2D eigenvalue weighted by atomic mass is 9.63. The highest BCUT2D eigenvalue weighted by atomic mass is 14.5. The van der Waals surface area contributed by atoms with Crippen molar-refractivity contribution in [2.75, 3.05) is 0 Å². The Kier molecular flexibility index (Phi) is 7.22. The standard InChI is InChI=1S/C64H44/c1-3-14-37(15-4-1)41-20-12-21-43(32-41)58-54-35-51-49-27-13-26-47-46-24-8-7-18-42(46)33-53(60(47)49)52(51)36-55(54)61(48-25-10-9-23-45(48)38-16-5-2-6-17-38)63-50-31-30-40-29-28-39-19-11-22-44-34-56(64(58)63)62(50)59(40)57(39)44/h1-6,8-17,19-29,32,34-36,39,42,57H,7,18,30-31,33H2. The van der Waals surface area contributed by atoms with Gasteiger partial charge < -0.3 is 0 Å². The molecule has 64 heavy (non-hydrogen) atoms. The fourth-order valence-electron chi connectivity index (χ4n) is 13.5. The molecule has 7 aromatic carbocycles. The van der Waals surface area contributed by atoms with Gasteiger partial charge in [0.05, 0.1) is 0 Å². The van der Waals surface area contributed by atoms with Crippen LogP contribution < -0.4 is 10.4 Å². The van der Waals surface area contributed by atoms with Gasteiger partial charge in [-0.1, -0.05) is 164 Å². The molecule has 8 aliphatic carbocycles. The van der Waals surface area contributed by atoms with Gasteiger partial charge in [-0.15, -0.1) is 0 Å². The van der Waals surface area contributed by atoms with Gasteiger partial charge in [0.25, 0.3) is 0 Å². The molecule has 0 amide bonds. The van der Waals surface area contributed by atoms with Gasteiger partial charge in [-0.25, -0.2) is 0 Å². The van der Waals surface area contributed by atoms with Gasteiger partial charge in [-0.3, -0.25) is 0 Å². The molecule has 3 atom stereocenters. The van der Waals surface area contributed by atoms with Crippen molar-refractivity contribution in [3.8, 4) is 55.6 Å². The van der Waals surface area contributed by atoms with Crippen LogP contribution in [-0.2, 0) is 0 Å². The molecular weight excluding hydrogens is 769 g/mol. The predicted octanol–water partition coefficient (Wildman–Crippen LogP) is 14.8. The van der Waals surface area contributed by atoms with Gasteiger partial charge >= 0.3 is 0 Å². The van der Waals surface area contributed by atoms with Crippen molar-refractivity contribution in [1.82, 2.24) is 0 Å². The zero-order chi connectivity index (χ0) is 41.6. The second-order valence-electron chi connectivity index (χ2n) is 19.2. The van der Waals surface area contributed by atoms with E-state index in [4.69, 9.17) is 0 Å². The maximum absolute atomic E-state index is 2.68. The summed E-state index contributed by atoms with van der Waals surface area (Å²) in [5.74, 6) is 1.33. The maximum atomic E-state index is 2.68. The van der Waals surface area contributed by atoms with Crippen LogP contribution in [0.4, 0.5) is 0 Å². The molecule has 0 heterocycles. The number of hydrogen-bond acceptors (Lipinski definition) is 0. The van der Waals surface area contributed by atoms with Crippen molar-refractivity contribution < 1.29 is 0 Å². The van der Waals surface area contributed by atoms with E-state index in [1.165, 1.54) is 122 Å². The Bertz CT molecular complexity index is 3660. The molecule has 0 heteroatoms. The van der Waals surface area contributed by atoms with Crippen molar-refractivity contribution in [1.29, 1.82) is 0 Å². The van der Waals surface area contributed by atoms with Crippen molar-refractivity contribution in [3.05, 3.63) is 238 Å². The molecule has 0 saturated heterocycles. The van der Waals surface area contributed by atoms with Crippen LogP contribution in [0.2, 0.25) is 0 Å². The molecule has 0 aliphatic heterocycles. The van der Waals surface area contributed by atoms with Gasteiger partial charge in [0, 0.05) is 11.8 Å². The summed E-state index contributed by atoms with van der Waals surface area (Å²) in [6, 6.07) is 53.3. The van der Waals surface area contributed by atoms with E-state index in [-0.39, 0.29) is 0 Å². The van der Waals surface area contributed by atoms with E-state index >= 15 is 0 Å². The summed E-state index contributed by atoms with van der Waals surface area (Å²) in [6.07, 6.45) is 25.2. The minimum absolute atomic E-state index is 0.376. The Morgan fingerprint density at radius 3 is 2.16 bits per heavy atom. The van der Waals surface area contributed by atoms with E-state index in [2.05, 4.69) is 188 Å². The molecule has 0 nitrogen and oxygen atoms in total. The Balaban J connectivity index is 1.13. The van der Waals surface area contributed by atoms with E-state index in [1.54, 1.807) is 22.3 Å². The molecular formula is C64H44. The smallest absolute Gasteiger partial charge is 0.0196 e. The quantitative estimate of drug-likeness (QED) is 0.166. The number of fused-ring (bicyclic) bond motifs is 8. The van der Waals surface area contributed by atoms with E-state index in [0.29, 0.717) is 17.8 Å². The fourth-order valence-corrected chi connectivity index (χ4v) is 13.5. The first-order valence-electron chi connectivity index (χ1n) is 23.5. The molecule has 300 valence electrons. The zero-order valence-electron chi connectivity index (χ0n) is 35.7. The Labute approximate surface area is 374 Å². The summed E-state index contributed by atoms with van der Waals surface area (Å²) in [7, 11) is 0. The molecule has 0 saturated carbocycles. The topological polar surface area (TPSA) is 0 Å². The Morgan fingerprint density at radius 2 is 1.27 bits per heavy atom. The molecule has 3 unspecified atom stereocenters. The fraction of sp³-hybridized carbons (Fsp3) is 0.125. The summed E-state index contributed by atoms with van der Waals surface area (Å²) in [6.45, 7) is 0. The lowest BCUT2D eigenvalue weighted by Gasteiger charge is -2.40. The average Bonchev–Trinajstić information content (AvgIpc) is 3.85. The molecule has 0 radical (unpaired) electrons. The van der Waals surface area contributed by atoms with Gasteiger partial charge in [-0.2, -0.15) is 0 Å².